The minimum Gasteiger partial charge on any atom is -0.490 e. The van der Waals surface area contributed by atoms with Crippen LogP contribution in [0.3, 0.4) is 0 Å². The molecular formula is C13H18FNO2. The van der Waals surface area contributed by atoms with E-state index in [-0.39, 0.29) is 11.9 Å². The number of rotatable bonds is 4. The maximum absolute atomic E-state index is 13.1. The zero-order valence-corrected chi connectivity index (χ0v) is 9.82. The zero-order chi connectivity index (χ0) is 12.1. The van der Waals surface area contributed by atoms with Crippen molar-refractivity contribution in [2.45, 2.75) is 25.4 Å². The Kier molecular flexibility index (Phi) is 4.34. The molecule has 2 N–H and O–H groups in total. The summed E-state index contributed by atoms with van der Waals surface area (Å²) in [5, 5.41) is 0. The lowest BCUT2D eigenvalue weighted by atomic mass is 10.1. The Bertz CT molecular complexity index is 364. The summed E-state index contributed by atoms with van der Waals surface area (Å²) >= 11 is 0. The number of hydrogen-bond donors (Lipinski definition) is 1. The number of halogens is 1. The van der Waals surface area contributed by atoms with Crippen LogP contribution in [-0.4, -0.2) is 25.9 Å². The molecule has 0 saturated carbocycles. The summed E-state index contributed by atoms with van der Waals surface area (Å²) in [6, 6.07) is 4.62. The first kappa shape index (κ1) is 12.3. The summed E-state index contributed by atoms with van der Waals surface area (Å²) in [5.41, 5.74) is 6.36. The highest BCUT2D eigenvalue weighted by molar-refractivity contribution is 5.34. The van der Waals surface area contributed by atoms with Crippen molar-refractivity contribution in [2.24, 2.45) is 5.73 Å². The van der Waals surface area contributed by atoms with Gasteiger partial charge in [0.2, 0.25) is 0 Å². The van der Waals surface area contributed by atoms with Crippen LogP contribution in [-0.2, 0) is 11.2 Å². The first-order valence-corrected chi connectivity index (χ1v) is 6.02. The zero-order valence-electron chi connectivity index (χ0n) is 9.82. The molecule has 0 bridgehead atoms. The molecule has 0 spiro atoms. The van der Waals surface area contributed by atoms with E-state index < -0.39 is 0 Å². The third-order valence-corrected chi connectivity index (χ3v) is 2.90. The van der Waals surface area contributed by atoms with Crippen LogP contribution in [0.5, 0.6) is 5.75 Å². The molecule has 3 nitrogen and oxygen atoms in total. The molecule has 0 amide bonds. The summed E-state index contributed by atoms with van der Waals surface area (Å²) in [7, 11) is 0. The normalized spacial score (nSPS) is 17.1. The largest absolute Gasteiger partial charge is 0.490 e. The van der Waals surface area contributed by atoms with Gasteiger partial charge in [0, 0.05) is 12.8 Å². The molecule has 1 aliphatic heterocycles. The molecule has 0 unspecified atom stereocenters. The number of nitrogens with two attached hydrogens (primary N) is 1. The lowest BCUT2D eigenvalue weighted by Crippen LogP contribution is -2.26. The van der Waals surface area contributed by atoms with Crippen LogP contribution in [0.4, 0.5) is 4.39 Å². The molecule has 1 saturated heterocycles. The third-order valence-electron chi connectivity index (χ3n) is 2.90. The van der Waals surface area contributed by atoms with Crippen molar-refractivity contribution in [2.75, 3.05) is 19.8 Å². The van der Waals surface area contributed by atoms with Crippen LogP contribution in [0, 0.1) is 5.82 Å². The Morgan fingerprint density at radius 2 is 2.12 bits per heavy atom. The van der Waals surface area contributed by atoms with Gasteiger partial charge in [-0.05, 0) is 36.7 Å². The molecule has 17 heavy (non-hydrogen) atoms. The highest BCUT2D eigenvalue weighted by Crippen LogP contribution is 2.23. The fourth-order valence-electron chi connectivity index (χ4n) is 1.99. The van der Waals surface area contributed by atoms with Crippen LogP contribution in [0.25, 0.3) is 0 Å². The Balaban J connectivity index is 2.07. The van der Waals surface area contributed by atoms with Gasteiger partial charge < -0.3 is 15.2 Å². The first-order valence-electron chi connectivity index (χ1n) is 6.02. The van der Waals surface area contributed by atoms with E-state index in [2.05, 4.69) is 0 Å². The molecule has 0 radical (unpaired) electrons. The molecule has 0 aliphatic carbocycles. The second-order valence-corrected chi connectivity index (χ2v) is 4.22. The summed E-state index contributed by atoms with van der Waals surface area (Å²) in [5.74, 6) is 0.511. The van der Waals surface area contributed by atoms with Gasteiger partial charge in [0.15, 0.2) is 0 Å². The van der Waals surface area contributed by atoms with Crippen molar-refractivity contribution in [3.63, 3.8) is 0 Å². The SMILES string of the molecule is NCCc1cc(F)ccc1OC1CCOCC1. The second-order valence-electron chi connectivity index (χ2n) is 4.22. The van der Waals surface area contributed by atoms with Crippen LogP contribution >= 0.6 is 0 Å². The average Bonchev–Trinajstić information content (AvgIpc) is 2.34. The van der Waals surface area contributed by atoms with E-state index in [1.165, 1.54) is 12.1 Å². The summed E-state index contributed by atoms with van der Waals surface area (Å²) in [6.45, 7) is 1.96. The van der Waals surface area contributed by atoms with Crippen LogP contribution in [0.15, 0.2) is 18.2 Å². The monoisotopic (exact) mass is 239 g/mol. The average molecular weight is 239 g/mol. The van der Waals surface area contributed by atoms with E-state index in [1.54, 1.807) is 6.07 Å². The van der Waals surface area contributed by atoms with Gasteiger partial charge in [0.1, 0.15) is 17.7 Å². The summed E-state index contributed by atoms with van der Waals surface area (Å²) in [4.78, 5) is 0. The highest BCUT2D eigenvalue weighted by atomic mass is 19.1. The lowest BCUT2D eigenvalue weighted by molar-refractivity contribution is 0.0251. The maximum Gasteiger partial charge on any atom is 0.123 e. The molecule has 0 aromatic heterocycles. The molecule has 1 aliphatic rings. The van der Waals surface area contributed by atoms with Crippen LogP contribution < -0.4 is 10.5 Å². The van der Waals surface area contributed by atoms with E-state index in [1.807, 2.05) is 0 Å². The van der Waals surface area contributed by atoms with Crippen molar-refractivity contribution in [3.8, 4) is 5.75 Å². The van der Waals surface area contributed by atoms with Crippen LogP contribution in [0.2, 0.25) is 0 Å². The number of ether oxygens (including phenoxy) is 2. The van der Waals surface area contributed by atoms with E-state index in [9.17, 15) is 4.39 Å². The molecule has 1 fully saturated rings. The molecule has 94 valence electrons. The smallest absolute Gasteiger partial charge is 0.123 e. The first-order chi connectivity index (χ1) is 8.29. The minimum atomic E-state index is -0.243. The lowest BCUT2D eigenvalue weighted by Gasteiger charge is -2.24. The fraction of sp³-hybridized carbons (Fsp3) is 0.538. The van der Waals surface area contributed by atoms with Gasteiger partial charge >= 0.3 is 0 Å². The number of hydrogen-bond acceptors (Lipinski definition) is 3. The van der Waals surface area contributed by atoms with E-state index >= 15 is 0 Å². The Hall–Kier alpha value is -1.13. The van der Waals surface area contributed by atoms with Crippen molar-refractivity contribution in [1.29, 1.82) is 0 Å². The topological polar surface area (TPSA) is 44.5 Å². The Morgan fingerprint density at radius 1 is 1.35 bits per heavy atom. The van der Waals surface area contributed by atoms with Gasteiger partial charge in [0.05, 0.1) is 13.2 Å². The molecule has 4 heteroatoms. The van der Waals surface area contributed by atoms with Crippen molar-refractivity contribution >= 4 is 0 Å². The van der Waals surface area contributed by atoms with Gasteiger partial charge in [-0.2, -0.15) is 0 Å². The van der Waals surface area contributed by atoms with Gasteiger partial charge in [-0.3, -0.25) is 0 Å². The molecule has 0 atom stereocenters. The highest BCUT2D eigenvalue weighted by Gasteiger charge is 2.16. The number of benzene rings is 1. The molecule has 2 rings (SSSR count). The van der Waals surface area contributed by atoms with Crippen molar-refractivity contribution in [1.82, 2.24) is 0 Å². The second kappa shape index (κ2) is 5.98. The fourth-order valence-corrected chi connectivity index (χ4v) is 1.99. The molecule has 1 heterocycles. The maximum atomic E-state index is 13.1. The van der Waals surface area contributed by atoms with Gasteiger partial charge in [-0.25, -0.2) is 4.39 Å². The van der Waals surface area contributed by atoms with Crippen molar-refractivity contribution < 1.29 is 13.9 Å². The summed E-state index contributed by atoms with van der Waals surface area (Å²) < 4.78 is 24.3. The van der Waals surface area contributed by atoms with E-state index in [4.69, 9.17) is 15.2 Å². The van der Waals surface area contributed by atoms with Gasteiger partial charge in [-0.1, -0.05) is 0 Å². The van der Waals surface area contributed by atoms with Gasteiger partial charge in [-0.15, -0.1) is 0 Å². The van der Waals surface area contributed by atoms with Crippen molar-refractivity contribution in [3.05, 3.63) is 29.6 Å². The minimum absolute atomic E-state index is 0.172. The van der Waals surface area contributed by atoms with E-state index in [0.717, 1.165) is 37.4 Å². The predicted molar refractivity (Wildman–Crippen MR) is 63.6 cm³/mol. The Morgan fingerprint density at radius 3 is 2.82 bits per heavy atom. The van der Waals surface area contributed by atoms with Gasteiger partial charge in [0.25, 0.3) is 0 Å². The predicted octanol–water partition coefficient (Wildman–Crippen LogP) is 1.88. The van der Waals surface area contributed by atoms with Crippen LogP contribution in [0.1, 0.15) is 18.4 Å². The quantitative estimate of drug-likeness (QED) is 0.872. The summed E-state index contributed by atoms with van der Waals surface area (Å²) in [6.07, 6.45) is 2.58. The molecule has 1 aromatic carbocycles. The molecular weight excluding hydrogens is 221 g/mol. The Labute approximate surface area is 101 Å². The van der Waals surface area contributed by atoms with E-state index in [0.29, 0.717) is 13.0 Å². The molecule has 1 aromatic rings. The standard InChI is InChI=1S/C13H18FNO2/c14-11-1-2-13(10(9-11)3-6-15)17-12-4-7-16-8-5-12/h1-2,9,12H,3-8,15H2. The third kappa shape index (κ3) is 3.41.